The zero-order chi connectivity index (χ0) is 29.1. The average Bonchev–Trinajstić information content (AvgIpc) is 2.98. The van der Waals surface area contributed by atoms with E-state index in [0.29, 0.717) is 11.1 Å². The quantitative estimate of drug-likeness (QED) is 0.116. The predicted octanol–water partition coefficient (Wildman–Crippen LogP) is 6.53. The number of halogens is 1. The van der Waals surface area contributed by atoms with Crippen LogP contribution in [-0.2, 0) is 9.47 Å². The molecule has 4 rings (SSSR count). The van der Waals surface area contributed by atoms with Gasteiger partial charge in [0, 0.05) is 0 Å². The van der Waals surface area contributed by atoms with Gasteiger partial charge in [-0.05, 0) is 70.8 Å². The highest BCUT2D eigenvalue weighted by atomic mass is 35.5. The molecule has 9 heteroatoms. The first-order valence-electron chi connectivity index (χ1n) is 12.0. The summed E-state index contributed by atoms with van der Waals surface area (Å²) in [5.74, 6) is -1.36. The van der Waals surface area contributed by atoms with Gasteiger partial charge in [0.25, 0.3) is 0 Å². The standard InChI is InChI=1S/2C16H14O4.ClH/c2*1-20-16(19)13-7-4-11(5-8-13)2-3-12-6-9-14(17)15(18)10-12;/h2*2-10,17-18H,1H3;1H/b2*3-2+;. The van der Waals surface area contributed by atoms with Gasteiger partial charge in [0.2, 0.25) is 0 Å². The highest BCUT2D eigenvalue weighted by molar-refractivity contribution is 5.90. The second-order valence-corrected chi connectivity index (χ2v) is 8.39. The molecule has 8 nitrogen and oxygen atoms in total. The van der Waals surface area contributed by atoms with E-state index in [0.717, 1.165) is 22.3 Å². The van der Waals surface area contributed by atoms with Crippen molar-refractivity contribution in [3.8, 4) is 23.0 Å². The first-order valence-corrected chi connectivity index (χ1v) is 12.0. The Labute approximate surface area is 243 Å². The van der Waals surface area contributed by atoms with Crippen LogP contribution >= 0.6 is 12.4 Å². The van der Waals surface area contributed by atoms with Crippen LogP contribution in [0.1, 0.15) is 43.0 Å². The number of methoxy groups -OCH3 is 2. The molecule has 41 heavy (non-hydrogen) atoms. The lowest BCUT2D eigenvalue weighted by Crippen LogP contribution is -2.00. The molecule has 0 spiro atoms. The minimum Gasteiger partial charge on any atom is -0.504 e. The molecule has 0 unspecified atom stereocenters. The molecule has 4 aromatic rings. The number of aromatic hydroxyl groups is 4. The SMILES string of the molecule is COC(=O)c1ccc(/C=C/c2ccc(O)c(O)c2)cc1.COC(=O)c1ccc(/C=C/c2ccc(O)c(O)c2)cc1.Cl. The number of hydrogen-bond donors (Lipinski definition) is 4. The minimum absolute atomic E-state index is 0. The van der Waals surface area contributed by atoms with Crippen LogP contribution in [0.15, 0.2) is 84.9 Å². The normalized spacial score (nSPS) is 10.4. The highest BCUT2D eigenvalue weighted by Gasteiger charge is 2.04. The van der Waals surface area contributed by atoms with E-state index in [2.05, 4.69) is 9.47 Å². The lowest BCUT2D eigenvalue weighted by molar-refractivity contribution is 0.0592. The second kappa shape index (κ2) is 15.4. The maximum atomic E-state index is 11.3. The predicted molar refractivity (Wildman–Crippen MR) is 160 cm³/mol. The fraction of sp³-hybridized carbons (Fsp3) is 0.0625. The van der Waals surface area contributed by atoms with Crippen molar-refractivity contribution in [2.75, 3.05) is 14.2 Å². The van der Waals surface area contributed by atoms with E-state index < -0.39 is 0 Å². The summed E-state index contributed by atoms with van der Waals surface area (Å²) in [5, 5.41) is 37.2. The molecule has 0 aliphatic carbocycles. The molecule has 0 aliphatic rings. The molecule has 212 valence electrons. The lowest BCUT2D eigenvalue weighted by atomic mass is 10.1. The molecule has 4 N–H and O–H groups in total. The fourth-order valence-corrected chi connectivity index (χ4v) is 3.37. The molecule has 0 fully saturated rings. The Hall–Kier alpha value is -5.21. The number of phenols is 4. The van der Waals surface area contributed by atoms with Crippen molar-refractivity contribution in [3.63, 3.8) is 0 Å². The Morgan fingerprint density at radius 1 is 0.488 bits per heavy atom. The molecular weight excluding hydrogens is 548 g/mol. The minimum atomic E-state index is -0.371. The van der Waals surface area contributed by atoms with E-state index in [9.17, 15) is 30.0 Å². The van der Waals surface area contributed by atoms with Crippen molar-refractivity contribution in [1.29, 1.82) is 0 Å². The Kier molecular flexibility index (Phi) is 12.0. The fourth-order valence-electron chi connectivity index (χ4n) is 3.37. The summed E-state index contributed by atoms with van der Waals surface area (Å²) >= 11 is 0. The molecular formula is C32H29ClO8. The van der Waals surface area contributed by atoms with Crippen LogP contribution in [0, 0.1) is 0 Å². The van der Waals surface area contributed by atoms with Crippen molar-refractivity contribution < 1.29 is 39.5 Å². The van der Waals surface area contributed by atoms with Crippen LogP contribution in [0.5, 0.6) is 23.0 Å². The Balaban J connectivity index is 0.000000280. The van der Waals surface area contributed by atoms with Crippen molar-refractivity contribution in [1.82, 2.24) is 0 Å². The van der Waals surface area contributed by atoms with Gasteiger partial charge in [0.1, 0.15) is 0 Å². The molecule has 0 bridgehead atoms. The van der Waals surface area contributed by atoms with Gasteiger partial charge in [-0.3, -0.25) is 0 Å². The molecule has 4 aromatic carbocycles. The van der Waals surface area contributed by atoms with Gasteiger partial charge in [-0.1, -0.05) is 60.7 Å². The van der Waals surface area contributed by atoms with E-state index in [-0.39, 0.29) is 47.3 Å². The largest absolute Gasteiger partial charge is 0.504 e. The van der Waals surface area contributed by atoms with Crippen LogP contribution in [0.2, 0.25) is 0 Å². The summed E-state index contributed by atoms with van der Waals surface area (Å²) in [6.45, 7) is 0. The van der Waals surface area contributed by atoms with E-state index in [1.54, 1.807) is 72.8 Å². The third-order valence-corrected chi connectivity index (χ3v) is 5.60. The van der Waals surface area contributed by atoms with E-state index in [1.165, 1.54) is 38.5 Å². The number of benzene rings is 4. The summed E-state index contributed by atoms with van der Waals surface area (Å²) in [6, 6.07) is 23.1. The number of carbonyl (C=O) groups is 2. The summed E-state index contributed by atoms with van der Waals surface area (Å²) in [6.07, 6.45) is 7.28. The van der Waals surface area contributed by atoms with E-state index in [1.807, 2.05) is 12.2 Å². The van der Waals surface area contributed by atoms with E-state index in [4.69, 9.17) is 0 Å². The molecule has 0 heterocycles. The molecule has 0 saturated carbocycles. The zero-order valence-corrected chi connectivity index (χ0v) is 23.0. The van der Waals surface area contributed by atoms with Crippen molar-refractivity contribution in [3.05, 3.63) is 118 Å². The van der Waals surface area contributed by atoms with Gasteiger partial charge in [0.05, 0.1) is 25.3 Å². The number of hydrogen-bond acceptors (Lipinski definition) is 8. The Morgan fingerprint density at radius 2 is 0.780 bits per heavy atom. The van der Waals surface area contributed by atoms with Crippen molar-refractivity contribution >= 4 is 48.6 Å². The monoisotopic (exact) mass is 576 g/mol. The van der Waals surface area contributed by atoms with Gasteiger partial charge in [-0.2, -0.15) is 0 Å². The zero-order valence-electron chi connectivity index (χ0n) is 22.2. The third-order valence-electron chi connectivity index (χ3n) is 5.60. The summed E-state index contributed by atoms with van der Waals surface area (Å²) in [4.78, 5) is 22.6. The summed E-state index contributed by atoms with van der Waals surface area (Å²) in [7, 11) is 2.68. The van der Waals surface area contributed by atoms with Crippen LogP contribution in [0.25, 0.3) is 24.3 Å². The Morgan fingerprint density at radius 3 is 1.07 bits per heavy atom. The molecule has 0 amide bonds. The van der Waals surface area contributed by atoms with Gasteiger partial charge < -0.3 is 29.9 Å². The molecule has 0 aromatic heterocycles. The first kappa shape index (κ1) is 32.0. The maximum Gasteiger partial charge on any atom is 0.337 e. The van der Waals surface area contributed by atoms with E-state index >= 15 is 0 Å². The highest BCUT2D eigenvalue weighted by Crippen LogP contribution is 2.26. The van der Waals surface area contributed by atoms with Gasteiger partial charge in [-0.25, -0.2) is 9.59 Å². The van der Waals surface area contributed by atoms with Crippen LogP contribution < -0.4 is 0 Å². The van der Waals surface area contributed by atoms with Crippen molar-refractivity contribution in [2.45, 2.75) is 0 Å². The smallest absolute Gasteiger partial charge is 0.337 e. The van der Waals surface area contributed by atoms with Crippen LogP contribution in [-0.4, -0.2) is 46.6 Å². The first-order chi connectivity index (χ1) is 19.2. The second-order valence-electron chi connectivity index (χ2n) is 8.39. The lowest BCUT2D eigenvalue weighted by Gasteiger charge is -2.00. The molecule has 0 radical (unpaired) electrons. The number of esters is 2. The van der Waals surface area contributed by atoms with Gasteiger partial charge in [-0.15, -0.1) is 12.4 Å². The maximum absolute atomic E-state index is 11.3. The third kappa shape index (κ3) is 9.49. The van der Waals surface area contributed by atoms with Gasteiger partial charge in [0.15, 0.2) is 23.0 Å². The summed E-state index contributed by atoms with van der Waals surface area (Å²) in [5.41, 5.74) is 4.32. The van der Waals surface area contributed by atoms with Crippen LogP contribution in [0.4, 0.5) is 0 Å². The molecule has 0 aliphatic heterocycles. The number of phenolic OH excluding ortho intramolecular Hbond substituents is 4. The Bertz CT molecular complexity index is 1410. The number of carbonyl (C=O) groups excluding carboxylic acids is 2. The molecule has 0 atom stereocenters. The van der Waals surface area contributed by atoms with Gasteiger partial charge >= 0.3 is 11.9 Å². The number of rotatable bonds is 6. The number of ether oxygens (including phenoxy) is 2. The summed E-state index contributed by atoms with van der Waals surface area (Å²) < 4.78 is 9.24. The van der Waals surface area contributed by atoms with Crippen LogP contribution in [0.3, 0.4) is 0 Å². The average molecular weight is 577 g/mol. The molecule has 0 saturated heterocycles. The topological polar surface area (TPSA) is 134 Å². The van der Waals surface area contributed by atoms with Crippen molar-refractivity contribution in [2.24, 2.45) is 0 Å².